The number of aryl methyl sites for hydroxylation is 1. The van der Waals surface area contributed by atoms with Gasteiger partial charge in [-0.15, -0.1) is 11.6 Å². The number of nitrogens with zero attached hydrogens (tertiary/aromatic N) is 1. The van der Waals surface area contributed by atoms with Crippen LogP contribution in [-0.4, -0.2) is 24.1 Å². The third-order valence-electron chi connectivity index (χ3n) is 3.11. The molecule has 2 rings (SSSR count). The number of hydrogen-bond acceptors (Lipinski definition) is 2. The Bertz CT molecular complexity index is 514. The number of alkyl halides is 1. The predicted molar refractivity (Wildman–Crippen MR) is 72.9 cm³/mol. The van der Waals surface area contributed by atoms with Gasteiger partial charge in [0.25, 0.3) is 0 Å². The summed E-state index contributed by atoms with van der Waals surface area (Å²) in [5.74, 6) is -0.184. The van der Waals surface area contributed by atoms with Crippen LogP contribution in [0, 0.1) is 0 Å². The van der Waals surface area contributed by atoms with Gasteiger partial charge in [0, 0.05) is 24.2 Å². The fourth-order valence-electron chi connectivity index (χ4n) is 2.20. The zero-order valence-electron chi connectivity index (χ0n) is 10.0. The van der Waals surface area contributed by atoms with Crippen LogP contribution >= 0.6 is 23.2 Å². The second-order valence-corrected chi connectivity index (χ2v) is 4.83. The van der Waals surface area contributed by atoms with E-state index in [2.05, 4.69) is 0 Å². The number of benzene rings is 1. The lowest BCUT2D eigenvalue weighted by molar-refractivity contribution is -0.118. The largest absolute Gasteiger partial charge is 0.312 e. The maximum absolute atomic E-state index is 11.8. The third kappa shape index (κ3) is 2.25. The van der Waals surface area contributed by atoms with Crippen molar-refractivity contribution in [2.75, 3.05) is 17.3 Å². The molecule has 1 aromatic carbocycles. The average Bonchev–Trinajstić information content (AvgIpc) is 2.37. The van der Waals surface area contributed by atoms with E-state index in [1.54, 1.807) is 17.0 Å². The summed E-state index contributed by atoms with van der Waals surface area (Å²) >= 11 is 11.6. The van der Waals surface area contributed by atoms with Crippen LogP contribution in [0.25, 0.3) is 0 Å². The Morgan fingerprint density at radius 1 is 1.39 bits per heavy atom. The molecule has 5 heteroatoms. The fourth-order valence-corrected chi connectivity index (χ4v) is 2.61. The van der Waals surface area contributed by atoms with Crippen LogP contribution in [0.1, 0.15) is 29.3 Å². The summed E-state index contributed by atoms with van der Waals surface area (Å²) in [6.45, 7) is 2.52. The maximum Gasteiger partial charge on any atom is 0.227 e. The van der Waals surface area contributed by atoms with Crippen LogP contribution in [0.5, 0.6) is 0 Å². The molecule has 1 amide bonds. The van der Waals surface area contributed by atoms with Crippen molar-refractivity contribution in [3.8, 4) is 0 Å². The van der Waals surface area contributed by atoms with E-state index in [0.717, 1.165) is 11.3 Å². The first-order valence-corrected chi connectivity index (χ1v) is 6.71. The van der Waals surface area contributed by atoms with Gasteiger partial charge in [-0.05, 0) is 31.0 Å². The zero-order chi connectivity index (χ0) is 13.3. The van der Waals surface area contributed by atoms with Gasteiger partial charge in [0.15, 0.2) is 5.78 Å². The molecule has 0 bridgehead atoms. The second-order valence-electron chi connectivity index (χ2n) is 4.16. The molecule has 0 atom stereocenters. The van der Waals surface area contributed by atoms with Gasteiger partial charge in [-0.2, -0.15) is 0 Å². The number of ketones is 1. The standard InChI is InChI=1S/C13H13Cl2NO2/c1-2-16-11-6-10(15)9(12(17)7-14)5-8(11)3-4-13(16)18/h5-6H,2-4,7H2,1H3. The van der Waals surface area contributed by atoms with Crippen LogP contribution < -0.4 is 4.90 Å². The van der Waals surface area contributed by atoms with Crippen molar-refractivity contribution in [2.45, 2.75) is 19.8 Å². The Hall–Kier alpha value is -1.06. The van der Waals surface area contributed by atoms with Crippen LogP contribution in [0.3, 0.4) is 0 Å². The highest BCUT2D eigenvalue weighted by Gasteiger charge is 2.25. The van der Waals surface area contributed by atoms with E-state index >= 15 is 0 Å². The van der Waals surface area contributed by atoms with Crippen molar-refractivity contribution in [2.24, 2.45) is 0 Å². The second kappa shape index (κ2) is 5.29. The van der Waals surface area contributed by atoms with E-state index < -0.39 is 0 Å². The highest BCUT2D eigenvalue weighted by molar-refractivity contribution is 6.37. The molecule has 0 N–H and O–H groups in total. The molecule has 0 aromatic heterocycles. The third-order valence-corrected chi connectivity index (χ3v) is 3.66. The van der Waals surface area contributed by atoms with Crippen LogP contribution in [-0.2, 0) is 11.2 Å². The normalized spacial score (nSPS) is 14.6. The zero-order valence-corrected chi connectivity index (χ0v) is 11.5. The van der Waals surface area contributed by atoms with E-state index in [9.17, 15) is 9.59 Å². The van der Waals surface area contributed by atoms with Gasteiger partial charge in [0.05, 0.1) is 10.9 Å². The number of amides is 1. The summed E-state index contributed by atoms with van der Waals surface area (Å²) in [6.07, 6.45) is 1.11. The molecule has 0 radical (unpaired) electrons. The molecule has 0 unspecified atom stereocenters. The van der Waals surface area contributed by atoms with Gasteiger partial charge >= 0.3 is 0 Å². The first-order chi connectivity index (χ1) is 8.58. The smallest absolute Gasteiger partial charge is 0.227 e. The van der Waals surface area contributed by atoms with Gasteiger partial charge in [-0.25, -0.2) is 0 Å². The van der Waals surface area contributed by atoms with Crippen molar-refractivity contribution in [1.29, 1.82) is 0 Å². The SMILES string of the molecule is CCN1C(=O)CCc2cc(C(=O)CCl)c(Cl)cc21. The Balaban J connectivity index is 2.51. The molecule has 96 valence electrons. The molecule has 0 saturated carbocycles. The van der Waals surface area contributed by atoms with E-state index in [-0.39, 0.29) is 17.6 Å². The Morgan fingerprint density at radius 3 is 2.72 bits per heavy atom. The lowest BCUT2D eigenvalue weighted by atomic mass is 9.97. The molecule has 1 aromatic rings. The van der Waals surface area contributed by atoms with Crippen molar-refractivity contribution >= 4 is 40.6 Å². The minimum atomic E-state index is -0.190. The molecule has 3 nitrogen and oxygen atoms in total. The molecular weight excluding hydrogens is 273 g/mol. The van der Waals surface area contributed by atoms with E-state index in [4.69, 9.17) is 23.2 Å². The molecule has 0 saturated heterocycles. The van der Waals surface area contributed by atoms with Crippen LogP contribution in [0.2, 0.25) is 5.02 Å². The number of rotatable bonds is 3. The first-order valence-electron chi connectivity index (χ1n) is 5.80. The van der Waals surface area contributed by atoms with Gasteiger partial charge < -0.3 is 4.90 Å². The Labute approximate surface area is 116 Å². The fraction of sp³-hybridized carbons (Fsp3) is 0.385. The first kappa shape index (κ1) is 13.4. The van der Waals surface area contributed by atoms with E-state index in [1.807, 2.05) is 6.92 Å². The van der Waals surface area contributed by atoms with Crippen molar-refractivity contribution in [3.63, 3.8) is 0 Å². The molecule has 0 fully saturated rings. The average molecular weight is 286 g/mol. The molecule has 1 heterocycles. The number of carbonyl (C=O) groups excluding carboxylic acids is 2. The molecule has 1 aliphatic rings. The van der Waals surface area contributed by atoms with Gasteiger partial charge in [-0.3, -0.25) is 9.59 Å². The van der Waals surface area contributed by atoms with E-state index in [1.165, 1.54) is 0 Å². The lowest BCUT2D eigenvalue weighted by Gasteiger charge is -2.29. The summed E-state index contributed by atoms with van der Waals surface area (Å²) in [5.41, 5.74) is 2.23. The summed E-state index contributed by atoms with van der Waals surface area (Å²) in [7, 11) is 0. The summed E-state index contributed by atoms with van der Waals surface area (Å²) < 4.78 is 0. The summed E-state index contributed by atoms with van der Waals surface area (Å²) in [4.78, 5) is 25.1. The minimum Gasteiger partial charge on any atom is -0.312 e. The van der Waals surface area contributed by atoms with E-state index in [0.29, 0.717) is 30.0 Å². The highest BCUT2D eigenvalue weighted by atomic mass is 35.5. The highest BCUT2D eigenvalue weighted by Crippen LogP contribution is 2.33. The Kier molecular flexibility index (Phi) is 3.93. The number of Topliss-reactive ketones (excluding diaryl/α,β-unsaturated/α-hetero) is 1. The minimum absolute atomic E-state index is 0.0884. The molecule has 1 aliphatic heterocycles. The number of anilines is 1. The number of halogens is 2. The summed E-state index contributed by atoms with van der Waals surface area (Å²) in [5, 5.41) is 0.354. The number of fused-ring (bicyclic) bond motifs is 1. The van der Waals surface area contributed by atoms with Gasteiger partial charge in [0.2, 0.25) is 5.91 Å². The van der Waals surface area contributed by atoms with Crippen molar-refractivity contribution < 1.29 is 9.59 Å². The number of hydrogen-bond donors (Lipinski definition) is 0. The topological polar surface area (TPSA) is 37.4 Å². The van der Waals surface area contributed by atoms with Gasteiger partial charge in [-0.1, -0.05) is 11.6 Å². The quantitative estimate of drug-likeness (QED) is 0.632. The maximum atomic E-state index is 11.8. The van der Waals surface area contributed by atoms with Crippen LogP contribution in [0.15, 0.2) is 12.1 Å². The lowest BCUT2D eigenvalue weighted by Crippen LogP contribution is -2.35. The Morgan fingerprint density at radius 2 is 2.11 bits per heavy atom. The molecular formula is C13H13Cl2NO2. The summed E-state index contributed by atoms with van der Waals surface area (Å²) in [6, 6.07) is 3.45. The van der Waals surface area contributed by atoms with Crippen LogP contribution in [0.4, 0.5) is 5.69 Å². The molecule has 18 heavy (non-hydrogen) atoms. The molecule has 0 spiro atoms. The number of carbonyl (C=O) groups is 2. The van der Waals surface area contributed by atoms with Crippen molar-refractivity contribution in [1.82, 2.24) is 0 Å². The monoisotopic (exact) mass is 285 g/mol. The predicted octanol–water partition coefficient (Wildman–Crippen LogP) is 3.06. The molecule has 0 aliphatic carbocycles. The van der Waals surface area contributed by atoms with Crippen molar-refractivity contribution in [3.05, 3.63) is 28.3 Å². The van der Waals surface area contributed by atoms with Gasteiger partial charge in [0.1, 0.15) is 0 Å².